The molecule has 2 aliphatic carbocycles. The Morgan fingerprint density at radius 1 is 1.53 bits per heavy atom. The molecule has 2 aliphatic rings. The van der Waals surface area contributed by atoms with Crippen molar-refractivity contribution in [3.8, 4) is 0 Å². The summed E-state index contributed by atoms with van der Waals surface area (Å²) in [6, 6.07) is 0.135. The highest BCUT2D eigenvalue weighted by molar-refractivity contribution is 5.80. The number of imidazole rings is 1. The van der Waals surface area contributed by atoms with Gasteiger partial charge in [-0.05, 0) is 38.1 Å². The molecule has 0 spiro atoms. The number of hydrogen-bond acceptors (Lipinski definition) is 3. The number of primary amides is 1. The summed E-state index contributed by atoms with van der Waals surface area (Å²) in [5.41, 5.74) is 6.40. The van der Waals surface area contributed by atoms with Crippen LogP contribution in [0, 0.1) is 5.92 Å². The summed E-state index contributed by atoms with van der Waals surface area (Å²) in [4.78, 5) is 15.7. The van der Waals surface area contributed by atoms with Crippen molar-refractivity contribution < 1.29 is 4.79 Å². The number of carbonyl (C=O) groups excluding carboxylic acids is 1. The zero-order valence-corrected chi connectivity index (χ0v) is 9.80. The minimum Gasteiger partial charge on any atom is -0.368 e. The van der Waals surface area contributed by atoms with Crippen molar-refractivity contribution in [3.05, 3.63) is 18.2 Å². The summed E-state index contributed by atoms with van der Waals surface area (Å²) in [5.74, 6) is 0.419. The van der Waals surface area contributed by atoms with Crippen molar-refractivity contribution in [2.24, 2.45) is 11.7 Å². The van der Waals surface area contributed by atoms with Crippen LogP contribution in [-0.4, -0.2) is 22.0 Å². The molecule has 1 heterocycles. The van der Waals surface area contributed by atoms with Gasteiger partial charge in [0.05, 0.1) is 18.2 Å². The van der Waals surface area contributed by atoms with Crippen LogP contribution >= 0.6 is 0 Å². The van der Waals surface area contributed by atoms with Gasteiger partial charge in [-0.3, -0.25) is 4.79 Å². The van der Waals surface area contributed by atoms with E-state index >= 15 is 0 Å². The third-order valence-electron chi connectivity index (χ3n) is 3.52. The second kappa shape index (κ2) is 4.14. The van der Waals surface area contributed by atoms with Gasteiger partial charge >= 0.3 is 0 Å². The molecule has 5 heteroatoms. The smallest absolute Gasteiger partial charge is 0.240 e. The van der Waals surface area contributed by atoms with Crippen LogP contribution in [-0.2, 0) is 4.79 Å². The van der Waals surface area contributed by atoms with Crippen molar-refractivity contribution in [3.63, 3.8) is 0 Å². The second-order valence-electron chi connectivity index (χ2n) is 5.14. The normalized spacial score (nSPS) is 21.4. The molecule has 2 saturated carbocycles. The number of nitrogens with one attached hydrogen (secondary N) is 1. The number of aromatic nitrogens is 2. The van der Waals surface area contributed by atoms with Gasteiger partial charge in [-0.25, -0.2) is 4.98 Å². The van der Waals surface area contributed by atoms with Crippen molar-refractivity contribution in [1.82, 2.24) is 14.9 Å². The van der Waals surface area contributed by atoms with Crippen LogP contribution in [0.25, 0.3) is 0 Å². The molecule has 3 rings (SSSR count). The summed E-state index contributed by atoms with van der Waals surface area (Å²) in [6.07, 6.45) is 8.45. The number of rotatable bonds is 6. The summed E-state index contributed by atoms with van der Waals surface area (Å²) in [5, 5.41) is 3.27. The lowest BCUT2D eigenvalue weighted by Crippen LogP contribution is -2.36. The summed E-state index contributed by atoms with van der Waals surface area (Å²) in [6.45, 7) is 0.878. The lowest BCUT2D eigenvalue weighted by atomic mass is 10.2. The number of nitrogens with two attached hydrogens (primary N) is 1. The van der Waals surface area contributed by atoms with E-state index < -0.39 is 6.04 Å². The minimum atomic E-state index is -0.390. The Morgan fingerprint density at radius 3 is 2.88 bits per heavy atom. The molecule has 5 nitrogen and oxygen atoms in total. The molecule has 1 aromatic rings. The number of nitrogens with zero attached hydrogens (tertiary/aromatic N) is 2. The first kappa shape index (κ1) is 10.8. The standard InChI is InChI=1S/C12H18N4O/c13-12(17)11(15-5-8-1-2-8)10-6-14-7-16(10)9-3-4-9/h6-9,11,15H,1-5H2,(H2,13,17). The van der Waals surface area contributed by atoms with Crippen LogP contribution in [0.5, 0.6) is 0 Å². The van der Waals surface area contributed by atoms with E-state index in [-0.39, 0.29) is 5.91 Å². The van der Waals surface area contributed by atoms with E-state index in [4.69, 9.17) is 5.73 Å². The average Bonchev–Trinajstić information content (AvgIpc) is 3.20. The molecule has 0 bridgehead atoms. The predicted molar refractivity (Wildman–Crippen MR) is 63.2 cm³/mol. The van der Waals surface area contributed by atoms with Crippen LogP contribution in [0.1, 0.15) is 43.5 Å². The van der Waals surface area contributed by atoms with Gasteiger partial charge in [-0.2, -0.15) is 0 Å². The monoisotopic (exact) mass is 234 g/mol. The van der Waals surface area contributed by atoms with Crippen molar-refractivity contribution >= 4 is 5.91 Å². The van der Waals surface area contributed by atoms with Crippen molar-refractivity contribution in [1.29, 1.82) is 0 Å². The number of carbonyl (C=O) groups is 1. The molecule has 0 radical (unpaired) electrons. The molecular formula is C12H18N4O. The first-order valence-electron chi connectivity index (χ1n) is 6.30. The van der Waals surface area contributed by atoms with Crippen LogP contribution in [0.15, 0.2) is 12.5 Å². The molecule has 17 heavy (non-hydrogen) atoms. The summed E-state index contributed by atoms with van der Waals surface area (Å²) >= 11 is 0. The maximum atomic E-state index is 11.5. The Balaban J connectivity index is 1.75. The highest BCUT2D eigenvalue weighted by Gasteiger charge is 2.31. The lowest BCUT2D eigenvalue weighted by Gasteiger charge is -2.17. The molecule has 1 unspecified atom stereocenters. The molecule has 92 valence electrons. The van der Waals surface area contributed by atoms with E-state index in [1.807, 2.05) is 6.33 Å². The molecule has 2 fully saturated rings. The number of hydrogen-bond donors (Lipinski definition) is 2. The fraction of sp³-hybridized carbons (Fsp3) is 0.667. The number of amides is 1. The van der Waals surface area contributed by atoms with Crippen LogP contribution in [0.3, 0.4) is 0 Å². The van der Waals surface area contributed by atoms with Gasteiger partial charge < -0.3 is 15.6 Å². The van der Waals surface area contributed by atoms with Gasteiger partial charge in [0.25, 0.3) is 0 Å². The molecule has 1 aromatic heterocycles. The van der Waals surface area contributed by atoms with E-state index in [1.165, 1.54) is 25.7 Å². The molecule has 1 atom stereocenters. The third-order valence-corrected chi connectivity index (χ3v) is 3.52. The van der Waals surface area contributed by atoms with E-state index in [2.05, 4.69) is 14.9 Å². The van der Waals surface area contributed by atoms with E-state index in [0.717, 1.165) is 18.2 Å². The van der Waals surface area contributed by atoms with Gasteiger partial charge in [-0.1, -0.05) is 0 Å². The van der Waals surface area contributed by atoms with Crippen molar-refractivity contribution in [2.45, 2.75) is 37.8 Å². The summed E-state index contributed by atoms with van der Waals surface area (Å²) < 4.78 is 2.09. The maximum Gasteiger partial charge on any atom is 0.240 e. The molecule has 0 saturated heterocycles. The van der Waals surface area contributed by atoms with Crippen molar-refractivity contribution in [2.75, 3.05) is 6.54 Å². The van der Waals surface area contributed by atoms with E-state index in [0.29, 0.717) is 6.04 Å². The fourth-order valence-corrected chi connectivity index (χ4v) is 2.15. The van der Waals surface area contributed by atoms with E-state index in [9.17, 15) is 4.79 Å². The molecule has 3 N–H and O–H groups in total. The van der Waals surface area contributed by atoms with Gasteiger partial charge in [0, 0.05) is 6.04 Å². The first-order valence-corrected chi connectivity index (χ1v) is 6.30. The van der Waals surface area contributed by atoms with Crippen LogP contribution in [0.4, 0.5) is 0 Å². The second-order valence-corrected chi connectivity index (χ2v) is 5.14. The quantitative estimate of drug-likeness (QED) is 0.762. The van der Waals surface area contributed by atoms with Gasteiger partial charge in [0.15, 0.2) is 0 Å². The largest absolute Gasteiger partial charge is 0.368 e. The Labute approximate surface area is 100 Å². The lowest BCUT2D eigenvalue weighted by molar-refractivity contribution is -0.120. The highest BCUT2D eigenvalue weighted by Crippen LogP contribution is 2.37. The van der Waals surface area contributed by atoms with Crippen LogP contribution < -0.4 is 11.1 Å². The average molecular weight is 234 g/mol. The Kier molecular flexibility index (Phi) is 2.63. The zero-order chi connectivity index (χ0) is 11.8. The Hall–Kier alpha value is -1.36. The Bertz CT molecular complexity index is 420. The molecular weight excluding hydrogens is 216 g/mol. The topological polar surface area (TPSA) is 72.9 Å². The third kappa shape index (κ3) is 2.34. The van der Waals surface area contributed by atoms with Crippen LogP contribution in [0.2, 0.25) is 0 Å². The zero-order valence-electron chi connectivity index (χ0n) is 9.80. The molecule has 0 aliphatic heterocycles. The SMILES string of the molecule is NC(=O)C(NCC1CC1)c1cncn1C1CC1. The predicted octanol–water partition coefficient (Wildman–Crippen LogP) is 0.744. The highest BCUT2D eigenvalue weighted by atomic mass is 16.1. The van der Waals surface area contributed by atoms with Gasteiger partial charge in [0.1, 0.15) is 6.04 Å². The van der Waals surface area contributed by atoms with Gasteiger partial charge in [-0.15, -0.1) is 0 Å². The minimum absolute atomic E-state index is 0.312. The molecule has 1 amide bonds. The molecule has 0 aromatic carbocycles. The van der Waals surface area contributed by atoms with Gasteiger partial charge in [0.2, 0.25) is 5.91 Å². The summed E-state index contributed by atoms with van der Waals surface area (Å²) in [7, 11) is 0. The van der Waals surface area contributed by atoms with E-state index in [1.54, 1.807) is 6.20 Å². The first-order chi connectivity index (χ1) is 8.25. The maximum absolute atomic E-state index is 11.5. The Morgan fingerprint density at radius 2 is 2.29 bits per heavy atom. The fourth-order valence-electron chi connectivity index (χ4n) is 2.15.